The lowest BCUT2D eigenvalue weighted by atomic mass is 10.2. The Morgan fingerprint density at radius 3 is 2.88 bits per heavy atom. The number of furan rings is 1. The normalized spacial score (nSPS) is 11.6. The molecule has 86 valence electrons. The van der Waals surface area contributed by atoms with Crippen LogP contribution in [-0.2, 0) is 6.54 Å². The minimum atomic E-state index is -0.491. The van der Waals surface area contributed by atoms with Crippen LogP contribution < -0.4 is 5.32 Å². The SMILES string of the molecule is CC(C)NCc1cc2ccc(Cl)c(F)c2o1. The van der Waals surface area contributed by atoms with E-state index >= 15 is 0 Å². The monoisotopic (exact) mass is 241 g/mol. The Bertz CT molecular complexity index is 507. The van der Waals surface area contributed by atoms with E-state index < -0.39 is 5.82 Å². The zero-order valence-corrected chi connectivity index (χ0v) is 9.94. The van der Waals surface area contributed by atoms with Gasteiger partial charge in [-0.3, -0.25) is 0 Å². The minimum Gasteiger partial charge on any atom is -0.457 e. The van der Waals surface area contributed by atoms with Crippen LogP contribution in [0.25, 0.3) is 11.0 Å². The van der Waals surface area contributed by atoms with E-state index in [-0.39, 0.29) is 10.6 Å². The Kier molecular flexibility index (Phi) is 3.17. The van der Waals surface area contributed by atoms with Crippen LogP contribution in [0.2, 0.25) is 5.02 Å². The Labute approximate surface area is 98.4 Å². The first-order chi connectivity index (χ1) is 7.58. The summed E-state index contributed by atoms with van der Waals surface area (Å²) in [5.41, 5.74) is 0.230. The molecule has 4 heteroatoms. The summed E-state index contributed by atoms with van der Waals surface area (Å²) in [4.78, 5) is 0. The molecule has 0 fully saturated rings. The number of rotatable bonds is 3. The summed E-state index contributed by atoms with van der Waals surface area (Å²) in [5.74, 6) is 0.222. The molecule has 0 amide bonds. The first-order valence-corrected chi connectivity index (χ1v) is 5.55. The molecule has 0 atom stereocenters. The molecule has 0 saturated carbocycles. The zero-order chi connectivity index (χ0) is 11.7. The Balaban J connectivity index is 2.33. The minimum absolute atomic E-state index is 0.0882. The smallest absolute Gasteiger partial charge is 0.184 e. The highest BCUT2D eigenvalue weighted by atomic mass is 35.5. The molecule has 0 unspecified atom stereocenters. The van der Waals surface area contributed by atoms with Gasteiger partial charge in [0.15, 0.2) is 11.4 Å². The van der Waals surface area contributed by atoms with Crippen LogP contribution in [0.5, 0.6) is 0 Å². The van der Waals surface area contributed by atoms with Gasteiger partial charge in [-0.25, -0.2) is 4.39 Å². The van der Waals surface area contributed by atoms with Gasteiger partial charge in [-0.15, -0.1) is 0 Å². The lowest BCUT2D eigenvalue weighted by molar-refractivity contribution is 0.476. The highest BCUT2D eigenvalue weighted by molar-refractivity contribution is 6.31. The molecule has 0 bridgehead atoms. The maximum atomic E-state index is 13.6. The van der Waals surface area contributed by atoms with Crippen molar-refractivity contribution in [2.24, 2.45) is 0 Å². The largest absolute Gasteiger partial charge is 0.457 e. The zero-order valence-electron chi connectivity index (χ0n) is 9.18. The van der Waals surface area contributed by atoms with Crippen molar-refractivity contribution in [2.75, 3.05) is 0 Å². The predicted octanol–water partition coefficient (Wildman–Crippen LogP) is 3.72. The fourth-order valence-corrected chi connectivity index (χ4v) is 1.64. The number of hydrogen-bond donors (Lipinski definition) is 1. The average Bonchev–Trinajstić information content (AvgIpc) is 2.64. The molecule has 2 aromatic rings. The summed E-state index contributed by atoms with van der Waals surface area (Å²) in [6.45, 7) is 4.67. The van der Waals surface area contributed by atoms with Crippen LogP contribution in [0.15, 0.2) is 22.6 Å². The number of benzene rings is 1. The van der Waals surface area contributed by atoms with E-state index in [0.29, 0.717) is 18.3 Å². The Hall–Kier alpha value is -1.06. The molecule has 1 aromatic carbocycles. The maximum Gasteiger partial charge on any atom is 0.184 e. The summed E-state index contributed by atoms with van der Waals surface area (Å²) >= 11 is 5.67. The van der Waals surface area contributed by atoms with Crippen molar-refractivity contribution in [1.82, 2.24) is 5.32 Å². The van der Waals surface area contributed by atoms with Crippen molar-refractivity contribution < 1.29 is 8.81 Å². The van der Waals surface area contributed by atoms with Crippen LogP contribution in [0.1, 0.15) is 19.6 Å². The van der Waals surface area contributed by atoms with Gasteiger partial charge < -0.3 is 9.73 Å². The number of hydrogen-bond acceptors (Lipinski definition) is 2. The molecule has 0 saturated heterocycles. The third kappa shape index (κ3) is 2.20. The molecule has 1 aromatic heterocycles. The molecule has 0 radical (unpaired) electrons. The van der Waals surface area contributed by atoms with Crippen molar-refractivity contribution in [1.29, 1.82) is 0 Å². The third-order valence-corrected chi connectivity index (χ3v) is 2.61. The van der Waals surface area contributed by atoms with Gasteiger partial charge in [0.25, 0.3) is 0 Å². The van der Waals surface area contributed by atoms with E-state index in [4.69, 9.17) is 16.0 Å². The van der Waals surface area contributed by atoms with E-state index in [1.54, 1.807) is 6.07 Å². The Morgan fingerprint density at radius 1 is 1.44 bits per heavy atom. The molecule has 16 heavy (non-hydrogen) atoms. The summed E-state index contributed by atoms with van der Waals surface area (Å²) in [6.07, 6.45) is 0. The second-order valence-corrected chi connectivity index (χ2v) is 4.44. The summed E-state index contributed by atoms with van der Waals surface area (Å²) in [7, 11) is 0. The van der Waals surface area contributed by atoms with Gasteiger partial charge in [0.1, 0.15) is 5.76 Å². The van der Waals surface area contributed by atoms with Crippen LogP contribution in [0.4, 0.5) is 4.39 Å². The van der Waals surface area contributed by atoms with Gasteiger partial charge in [0.2, 0.25) is 0 Å². The molecule has 0 aliphatic carbocycles. The van der Waals surface area contributed by atoms with Crippen LogP contribution in [0.3, 0.4) is 0 Å². The number of nitrogens with one attached hydrogen (secondary N) is 1. The quantitative estimate of drug-likeness (QED) is 0.886. The standard InChI is InChI=1S/C12H13ClFNO/c1-7(2)15-6-9-5-8-3-4-10(13)11(14)12(8)16-9/h3-5,7,15H,6H2,1-2H3. The van der Waals surface area contributed by atoms with Crippen molar-refractivity contribution in [3.05, 3.63) is 34.8 Å². The van der Waals surface area contributed by atoms with Crippen molar-refractivity contribution >= 4 is 22.6 Å². The first-order valence-electron chi connectivity index (χ1n) is 5.17. The van der Waals surface area contributed by atoms with Gasteiger partial charge in [0, 0.05) is 11.4 Å². The third-order valence-electron chi connectivity index (χ3n) is 2.31. The van der Waals surface area contributed by atoms with E-state index in [9.17, 15) is 4.39 Å². The second kappa shape index (κ2) is 4.44. The molecular formula is C12H13ClFNO. The van der Waals surface area contributed by atoms with Gasteiger partial charge >= 0.3 is 0 Å². The number of fused-ring (bicyclic) bond motifs is 1. The number of halogens is 2. The molecule has 0 aliphatic rings. The van der Waals surface area contributed by atoms with Gasteiger partial charge in [-0.2, -0.15) is 0 Å². The lowest BCUT2D eigenvalue weighted by Crippen LogP contribution is -2.21. The Morgan fingerprint density at radius 2 is 2.19 bits per heavy atom. The fourth-order valence-electron chi connectivity index (χ4n) is 1.49. The van der Waals surface area contributed by atoms with Gasteiger partial charge in [-0.1, -0.05) is 25.4 Å². The summed E-state index contributed by atoms with van der Waals surface area (Å²) < 4.78 is 19.0. The predicted molar refractivity (Wildman–Crippen MR) is 63.2 cm³/mol. The summed E-state index contributed by atoms with van der Waals surface area (Å²) in [5, 5.41) is 4.03. The highest BCUT2D eigenvalue weighted by Gasteiger charge is 2.11. The molecule has 1 heterocycles. The van der Waals surface area contributed by atoms with E-state index in [2.05, 4.69) is 5.32 Å². The van der Waals surface area contributed by atoms with E-state index in [1.807, 2.05) is 19.9 Å². The van der Waals surface area contributed by atoms with Crippen LogP contribution in [0, 0.1) is 5.82 Å². The average molecular weight is 242 g/mol. The topological polar surface area (TPSA) is 25.2 Å². The van der Waals surface area contributed by atoms with Gasteiger partial charge in [0.05, 0.1) is 11.6 Å². The molecule has 2 rings (SSSR count). The van der Waals surface area contributed by atoms with Crippen LogP contribution >= 0.6 is 11.6 Å². The molecule has 0 aliphatic heterocycles. The van der Waals surface area contributed by atoms with Crippen molar-refractivity contribution in [2.45, 2.75) is 26.4 Å². The second-order valence-electron chi connectivity index (χ2n) is 4.03. The fraction of sp³-hybridized carbons (Fsp3) is 0.333. The van der Waals surface area contributed by atoms with Crippen molar-refractivity contribution in [3.63, 3.8) is 0 Å². The van der Waals surface area contributed by atoms with Crippen molar-refractivity contribution in [3.8, 4) is 0 Å². The van der Waals surface area contributed by atoms with E-state index in [1.165, 1.54) is 6.07 Å². The highest BCUT2D eigenvalue weighted by Crippen LogP contribution is 2.27. The van der Waals surface area contributed by atoms with Crippen LogP contribution in [-0.4, -0.2) is 6.04 Å². The molecule has 1 N–H and O–H groups in total. The molecule has 2 nitrogen and oxygen atoms in total. The molecular weight excluding hydrogens is 229 g/mol. The van der Waals surface area contributed by atoms with Gasteiger partial charge in [-0.05, 0) is 18.2 Å². The first kappa shape index (κ1) is 11.4. The molecule has 0 spiro atoms. The summed E-state index contributed by atoms with van der Waals surface area (Å²) in [6, 6.07) is 5.48. The van der Waals surface area contributed by atoms with E-state index in [0.717, 1.165) is 5.39 Å². The lowest BCUT2D eigenvalue weighted by Gasteiger charge is -2.04. The maximum absolute atomic E-state index is 13.6.